The van der Waals surface area contributed by atoms with Crippen LogP contribution in [-0.4, -0.2) is 75.2 Å². The molecular weight excluding hydrogens is 212 g/mol. The Kier molecular flexibility index (Phi) is 5.21. The van der Waals surface area contributed by atoms with Crippen LogP contribution in [0.25, 0.3) is 0 Å². The summed E-state index contributed by atoms with van der Waals surface area (Å²) >= 11 is 0. The van der Waals surface area contributed by atoms with Gasteiger partial charge >= 0.3 is 0 Å². The van der Waals surface area contributed by atoms with Crippen molar-refractivity contribution in [2.75, 3.05) is 53.6 Å². The van der Waals surface area contributed by atoms with Crippen LogP contribution in [0, 0.1) is 0 Å². The van der Waals surface area contributed by atoms with Gasteiger partial charge in [0.15, 0.2) is 0 Å². The first-order valence-corrected chi connectivity index (χ1v) is 5.22. The Hall–Kier alpha value is -1.14. The van der Waals surface area contributed by atoms with Crippen molar-refractivity contribution in [2.24, 2.45) is 0 Å². The number of carbonyl (C=O) groups is 2. The molecule has 1 aliphatic rings. The van der Waals surface area contributed by atoms with Crippen molar-refractivity contribution in [3.05, 3.63) is 0 Å². The molecule has 6 nitrogen and oxygen atoms in total. The Balaban J connectivity index is 2.33. The first kappa shape index (κ1) is 12.9. The van der Waals surface area contributed by atoms with Gasteiger partial charge in [-0.25, -0.2) is 0 Å². The van der Waals surface area contributed by atoms with E-state index in [-0.39, 0.29) is 25.0 Å². The number of nitrogens with zero attached hydrogens (tertiary/aromatic N) is 2. The molecular formula is C10H18N2O4. The fourth-order valence-electron chi connectivity index (χ4n) is 1.63. The van der Waals surface area contributed by atoms with Gasteiger partial charge in [0.25, 0.3) is 0 Å². The summed E-state index contributed by atoms with van der Waals surface area (Å²) in [5.74, 6) is -0.0531. The van der Waals surface area contributed by atoms with E-state index in [4.69, 9.17) is 9.47 Å². The second-order valence-electron chi connectivity index (χ2n) is 3.63. The van der Waals surface area contributed by atoms with Crippen molar-refractivity contribution in [3.63, 3.8) is 0 Å². The monoisotopic (exact) mass is 230 g/mol. The molecule has 0 saturated carbocycles. The van der Waals surface area contributed by atoms with Gasteiger partial charge < -0.3 is 19.3 Å². The Morgan fingerprint density at radius 1 is 0.875 bits per heavy atom. The van der Waals surface area contributed by atoms with Gasteiger partial charge in [0.2, 0.25) is 11.8 Å². The van der Waals surface area contributed by atoms with Crippen molar-refractivity contribution in [3.8, 4) is 0 Å². The van der Waals surface area contributed by atoms with Crippen LogP contribution in [0.1, 0.15) is 0 Å². The number of methoxy groups -OCH3 is 2. The maximum Gasteiger partial charge on any atom is 0.248 e. The highest BCUT2D eigenvalue weighted by Crippen LogP contribution is 2.02. The molecule has 0 aliphatic carbocycles. The minimum absolute atomic E-state index is 0.0265. The fraction of sp³-hybridized carbons (Fsp3) is 0.800. The van der Waals surface area contributed by atoms with E-state index in [0.717, 1.165) is 0 Å². The molecule has 1 aliphatic heterocycles. The van der Waals surface area contributed by atoms with Gasteiger partial charge in [-0.3, -0.25) is 9.59 Å². The molecule has 0 radical (unpaired) electrons. The third-order valence-electron chi connectivity index (χ3n) is 2.52. The summed E-state index contributed by atoms with van der Waals surface area (Å²) < 4.78 is 9.56. The Morgan fingerprint density at radius 3 is 1.44 bits per heavy atom. The number of hydrogen-bond acceptors (Lipinski definition) is 4. The summed E-state index contributed by atoms with van der Waals surface area (Å²) in [6.07, 6.45) is 0. The topological polar surface area (TPSA) is 59.1 Å². The Bertz CT molecular complexity index is 223. The van der Waals surface area contributed by atoms with Crippen LogP contribution in [0.4, 0.5) is 0 Å². The zero-order valence-corrected chi connectivity index (χ0v) is 9.77. The van der Waals surface area contributed by atoms with Crippen LogP contribution in [0.3, 0.4) is 0 Å². The van der Waals surface area contributed by atoms with Crippen LogP contribution < -0.4 is 0 Å². The van der Waals surface area contributed by atoms with Crippen molar-refractivity contribution in [1.82, 2.24) is 9.80 Å². The molecule has 0 aromatic heterocycles. The van der Waals surface area contributed by atoms with E-state index in [0.29, 0.717) is 26.2 Å². The standard InChI is InChI=1S/C10H18N2O4/c1-15-7-9(13)11-3-5-12(6-4-11)10(14)8-16-2/h3-8H2,1-2H3. The molecule has 1 fully saturated rings. The summed E-state index contributed by atoms with van der Waals surface area (Å²) in [7, 11) is 2.99. The summed E-state index contributed by atoms with van der Waals surface area (Å²) in [6, 6.07) is 0. The summed E-state index contributed by atoms with van der Waals surface area (Å²) in [4.78, 5) is 26.4. The van der Waals surface area contributed by atoms with Crippen molar-refractivity contribution >= 4 is 11.8 Å². The summed E-state index contributed by atoms with van der Waals surface area (Å²) in [5.41, 5.74) is 0. The normalized spacial score (nSPS) is 16.4. The zero-order chi connectivity index (χ0) is 12.0. The highest BCUT2D eigenvalue weighted by atomic mass is 16.5. The molecule has 0 aromatic rings. The molecule has 2 amide bonds. The average molecular weight is 230 g/mol. The minimum Gasteiger partial charge on any atom is -0.375 e. The molecule has 1 rings (SSSR count). The maximum atomic E-state index is 11.5. The first-order chi connectivity index (χ1) is 7.69. The zero-order valence-electron chi connectivity index (χ0n) is 9.77. The third kappa shape index (κ3) is 3.46. The fourth-order valence-corrected chi connectivity index (χ4v) is 1.63. The number of piperazine rings is 1. The SMILES string of the molecule is COCC(=O)N1CCN(C(=O)COC)CC1. The number of hydrogen-bond donors (Lipinski definition) is 0. The van der Waals surface area contributed by atoms with E-state index < -0.39 is 0 Å². The summed E-state index contributed by atoms with van der Waals surface area (Å²) in [5, 5.41) is 0. The predicted molar refractivity (Wildman–Crippen MR) is 56.9 cm³/mol. The molecule has 0 spiro atoms. The van der Waals surface area contributed by atoms with E-state index in [2.05, 4.69) is 0 Å². The summed E-state index contributed by atoms with van der Waals surface area (Å²) in [6.45, 7) is 2.47. The molecule has 92 valence electrons. The van der Waals surface area contributed by atoms with Crippen LogP contribution >= 0.6 is 0 Å². The molecule has 6 heteroatoms. The van der Waals surface area contributed by atoms with Crippen molar-refractivity contribution < 1.29 is 19.1 Å². The van der Waals surface area contributed by atoms with Crippen LogP contribution in [-0.2, 0) is 19.1 Å². The molecule has 0 unspecified atom stereocenters. The van der Waals surface area contributed by atoms with Gasteiger partial charge in [0, 0.05) is 40.4 Å². The Morgan fingerprint density at radius 2 is 1.19 bits per heavy atom. The van der Waals surface area contributed by atoms with E-state index in [9.17, 15) is 9.59 Å². The molecule has 16 heavy (non-hydrogen) atoms. The molecule has 1 heterocycles. The smallest absolute Gasteiger partial charge is 0.248 e. The van der Waals surface area contributed by atoms with Gasteiger partial charge in [-0.2, -0.15) is 0 Å². The van der Waals surface area contributed by atoms with Gasteiger partial charge in [-0.05, 0) is 0 Å². The number of ether oxygens (including phenoxy) is 2. The quantitative estimate of drug-likeness (QED) is 0.618. The average Bonchev–Trinajstić information content (AvgIpc) is 2.30. The number of amides is 2. The van der Waals surface area contributed by atoms with E-state index in [1.165, 1.54) is 14.2 Å². The number of rotatable bonds is 4. The molecule has 0 atom stereocenters. The van der Waals surface area contributed by atoms with Crippen LogP contribution in [0.5, 0.6) is 0 Å². The molecule has 1 saturated heterocycles. The highest BCUT2D eigenvalue weighted by molar-refractivity contribution is 5.79. The lowest BCUT2D eigenvalue weighted by Gasteiger charge is -2.34. The lowest BCUT2D eigenvalue weighted by atomic mass is 10.3. The van der Waals surface area contributed by atoms with E-state index in [1.54, 1.807) is 9.80 Å². The van der Waals surface area contributed by atoms with Gasteiger partial charge in [0.1, 0.15) is 13.2 Å². The van der Waals surface area contributed by atoms with Crippen LogP contribution in [0.15, 0.2) is 0 Å². The van der Waals surface area contributed by atoms with E-state index >= 15 is 0 Å². The minimum atomic E-state index is -0.0265. The van der Waals surface area contributed by atoms with Gasteiger partial charge in [-0.15, -0.1) is 0 Å². The first-order valence-electron chi connectivity index (χ1n) is 5.22. The lowest BCUT2D eigenvalue weighted by molar-refractivity contribution is -0.143. The lowest BCUT2D eigenvalue weighted by Crippen LogP contribution is -2.52. The van der Waals surface area contributed by atoms with Gasteiger partial charge in [-0.1, -0.05) is 0 Å². The highest BCUT2D eigenvalue weighted by Gasteiger charge is 2.23. The molecule has 0 bridgehead atoms. The predicted octanol–water partition coefficient (Wildman–Crippen LogP) is -1.05. The van der Waals surface area contributed by atoms with Crippen molar-refractivity contribution in [1.29, 1.82) is 0 Å². The van der Waals surface area contributed by atoms with Gasteiger partial charge in [0.05, 0.1) is 0 Å². The second kappa shape index (κ2) is 6.44. The largest absolute Gasteiger partial charge is 0.375 e. The Labute approximate surface area is 95.1 Å². The third-order valence-corrected chi connectivity index (χ3v) is 2.52. The van der Waals surface area contributed by atoms with Crippen molar-refractivity contribution in [2.45, 2.75) is 0 Å². The van der Waals surface area contributed by atoms with Crippen LogP contribution in [0.2, 0.25) is 0 Å². The molecule has 0 aromatic carbocycles. The second-order valence-corrected chi connectivity index (χ2v) is 3.63. The van der Waals surface area contributed by atoms with E-state index in [1.807, 2.05) is 0 Å². The molecule has 0 N–H and O–H groups in total. The maximum absolute atomic E-state index is 11.5. The number of carbonyl (C=O) groups excluding carboxylic acids is 2.